The molecule has 3 atom stereocenters. The summed E-state index contributed by atoms with van der Waals surface area (Å²) in [7, 11) is 0. The van der Waals surface area contributed by atoms with Gasteiger partial charge in [0.2, 0.25) is 17.7 Å². The van der Waals surface area contributed by atoms with Crippen LogP contribution in [0.4, 0.5) is 8.78 Å². The van der Waals surface area contributed by atoms with Gasteiger partial charge in [0, 0.05) is 36.4 Å². The average molecular weight is 476 g/mol. The highest BCUT2D eigenvalue weighted by Gasteiger charge is 2.52. The number of benzene rings is 1. The van der Waals surface area contributed by atoms with E-state index in [9.17, 15) is 23.2 Å². The number of carbonyl (C=O) groups is 3. The van der Waals surface area contributed by atoms with Crippen molar-refractivity contribution >= 4 is 17.7 Å². The van der Waals surface area contributed by atoms with Gasteiger partial charge in [-0.1, -0.05) is 12.1 Å². The zero-order valence-corrected chi connectivity index (χ0v) is 20.2. The number of hydrogen-bond donors (Lipinski definition) is 2. The third-order valence-electron chi connectivity index (χ3n) is 7.83. The van der Waals surface area contributed by atoms with Gasteiger partial charge < -0.3 is 15.5 Å². The normalized spacial score (nSPS) is 26.6. The van der Waals surface area contributed by atoms with E-state index in [2.05, 4.69) is 24.5 Å². The van der Waals surface area contributed by atoms with Crippen molar-refractivity contribution in [1.29, 1.82) is 0 Å². The zero-order chi connectivity index (χ0) is 24.7. The second kappa shape index (κ2) is 9.27. The summed E-state index contributed by atoms with van der Waals surface area (Å²) >= 11 is 0. The van der Waals surface area contributed by atoms with Gasteiger partial charge in [0.1, 0.15) is 5.54 Å². The molecule has 2 saturated carbocycles. The van der Waals surface area contributed by atoms with E-state index in [1.165, 1.54) is 0 Å². The maximum absolute atomic E-state index is 13.4. The Kier molecular flexibility index (Phi) is 6.71. The Hall–Kier alpha value is -2.51. The number of carbonyl (C=O) groups excluding carboxylic acids is 3. The SMILES string of the molecule is CC1CCC(C)N1C(=O)c1ccc([C@@H](C)NC(=O)C2(NC(=O)C3CCC(F)(F)CC3)CC2)cc1. The highest BCUT2D eigenvalue weighted by Crippen LogP contribution is 2.40. The number of rotatable bonds is 6. The van der Waals surface area contributed by atoms with Gasteiger partial charge in [-0.2, -0.15) is 0 Å². The number of amides is 3. The first-order valence-corrected chi connectivity index (χ1v) is 12.4. The van der Waals surface area contributed by atoms with Crippen molar-refractivity contribution in [2.75, 3.05) is 0 Å². The third-order valence-corrected chi connectivity index (χ3v) is 7.83. The minimum absolute atomic E-state index is 0.0286. The second-order valence-electron chi connectivity index (χ2n) is 10.5. The van der Waals surface area contributed by atoms with E-state index in [0.717, 1.165) is 18.4 Å². The Morgan fingerprint density at radius 2 is 1.50 bits per heavy atom. The lowest BCUT2D eigenvalue weighted by Gasteiger charge is -2.29. The smallest absolute Gasteiger partial charge is 0.254 e. The van der Waals surface area contributed by atoms with Gasteiger partial charge in [-0.05, 0) is 77.0 Å². The summed E-state index contributed by atoms with van der Waals surface area (Å²) in [4.78, 5) is 40.4. The summed E-state index contributed by atoms with van der Waals surface area (Å²) in [6.07, 6.45) is 2.84. The number of alkyl halides is 2. The molecule has 1 heterocycles. The molecule has 1 saturated heterocycles. The minimum atomic E-state index is -2.69. The lowest BCUT2D eigenvalue weighted by molar-refractivity contribution is -0.135. The van der Waals surface area contributed by atoms with Crippen molar-refractivity contribution < 1.29 is 23.2 Å². The summed E-state index contributed by atoms with van der Waals surface area (Å²) in [5.41, 5.74) is 0.555. The van der Waals surface area contributed by atoms with Gasteiger partial charge in [0.25, 0.3) is 5.91 Å². The van der Waals surface area contributed by atoms with Crippen LogP contribution in [0.25, 0.3) is 0 Å². The summed E-state index contributed by atoms with van der Waals surface area (Å²) in [6.45, 7) is 6.01. The number of halogens is 2. The van der Waals surface area contributed by atoms with Crippen molar-refractivity contribution in [3.63, 3.8) is 0 Å². The molecule has 0 aromatic heterocycles. The Bertz CT molecular complexity index is 925. The van der Waals surface area contributed by atoms with E-state index in [1.54, 1.807) is 12.1 Å². The van der Waals surface area contributed by atoms with Gasteiger partial charge in [-0.25, -0.2) is 8.78 Å². The van der Waals surface area contributed by atoms with E-state index in [-0.39, 0.29) is 61.5 Å². The van der Waals surface area contributed by atoms with Crippen molar-refractivity contribution in [1.82, 2.24) is 15.5 Å². The van der Waals surface area contributed by atoms with Crippen LogP contribution in [-0.2, 0) is 9.59 Å². The third kappa shape index (κ3) is 5.10. The molecule has 3 fully saturated rings. The summed E-state index contributed by atoms with van der Waals surface area (Å²) < 4.78 is 26.8. The van der Waals surface area contributed by atoms with Crippen LogP contribution in [0.1, 0.15) is 94.1 Å². The van der Waals surface area contributed by atoms with Crippen molar-refractivity contribution in [3.05, 3.63) is 35.4 Å². The first-order valence-electron chi connectivity index (χ1n) is 12.4. The van der Waals surface area contributed by atoms with Crippen molar-refractivity contribution in [2.24, 2.45) is 5.92 Å². The van der Waals surface area contributed by atoms with Crippen LogP contribution in [0, 0.1) is 5.92 Å². The Labute approximate surface area is 199 Å². The van der Waals surface area contributed by atoms with E-state index in [1.807, 2.05) is 24.0 Å². The summed E-state index contributed by atoms with van der Waals surface area (Å²) in [6, 6.07) is 7.46. The second-order valence-corrected chi connectivity index (χ2v) is 10.5. The summed E-state index contributed by atoms with van der Waals surface area (Å²) in [5, 5.41) is 5.81. The van der Waals surface area contributed by atoms with Gasteiger partial charge in [0.15, 0.2) is 0 Å². The molecular weight excluding hydrogens is 440 g/mol. The molecule has 2 unspecified atom stereocenters. The fourth-order valence-electron chi connectivity index (χ4n) is 5.25. The van der Waals surface area contributed by atoms with Crippen LogP contribution in [0.15, 0.2) is 24.3 Å². The van der Waals surface area contributed by atoms with Crippen LogP contribution in [0.3, 0.4) is 0 Å². The monoisotopic (exact) mass is 475 g/mol. The van der Waals surface area contributed by atoms with Gasteiger partial charge in [0.05, 0.1) is 6.04 Å². The standard InChI is InChI=1S/C26H35F2N3O3/c1-16-4-5-17(2)31(16)23(33)21-8-6-19(7-9-21)18(3)29-24(34)25(14-15-25)30-22(32)20-10-12-26(27,28)13-11-20/h6-9,16-18,20H,4-5,10-15H2,1-3H3,(H,29,34)(H,30,32)/t16?,17?,18-/m1/s1. The molecular formula is C26H35F2N3O3. The quantitative estimate of drug-likeness (QED) is 0.642. The lowest BCUT2D eigenvalue weighted by Crippen LogP contribution is -2.51. The van der Waals surface area contributed by atoms with E-state index in [4.69, 9.17) is 0 Å². The fraction of sp³-hybridized carbons (Fsp3) is 0.654. The van der Waals surface area contributed by atoms with E-state index >= 15 is 0 Å². The number of nitrogens with one attached hydrogen (secondary N) is 2. The molecule has 1 aromatic rings. The molecule has 6 nitrogen and oxygen atoms in total. The van der Waals surface area contributed by atoms with Crippen LogP contribution < -0.4 is 10.6 Å². The molecule has 3 aliphatic rings. The van der Waals surface area contributed by atoms with Crippen LogP contribution in [-0.4, -0.2) is 46.2 Å². The largest absolute Gasteiger partial charge is 0.348 e. The molecule has 0 spiro atoms. The van der Waals surface area contributed by atoms with Crippen LogP contribution >= 0.6 is 0 Å². The Balaban J connectivity index is 1.32. The highest BCUT2D eigenvalue weighted by atomic mass is 19.3. The summed E-state index contributed by atoms with van der Waals surface area (Å²) in [5.74, 6) is -3.68. The maximum atomic E-state index is 13.4. The number of nitrogens with zero attached hydrogens (tertiary/aromatic N) is 1. The molecule has 0 radical (unpaired) electrons. The molecule has 1 aliphatic heterocycles. The van der Waals surface area contributed by atoms with E-state index < -0.39 is 17.4 Å². The fourth-order valence-corrected chi connectivity index (χ4v) is 5.25. The Morgan fingerprint density at radius 1 is 0.941 bits per heavy atom. The molecule has 34 heavy (non-hydrogen) atoms. The highest BCUT2D eigenvalue weighted by molar-refractivity contribution is 5.95. The van der Waals surface area contributed by atoms with E-state index in [0.29, 0.717) is 18.4 Å². The molecule has 0 bridgehead atoms. The topological polar surface area (TPSA) is 78.5 Å². The Morgan fingerprint density at radius 3 is 2.03 bits per heavy atom. The molecule has 4 rings (SSSR count). The van der Waals surface area contributed by atoms with Gasteiger partial charge in [-0.3, -0.25) is 14.4 Å². The van der Waals surface area contributed by atoms with Crippen LogP contribution in [0.2, 0.25) is 0 Å². The average Bonchev–Trinajstić information content (AvgIpc) is 3.50. The molecule has 8 heteroatoms. The molecule has 2 N–H and O–H groups in total. The van der Waals surface area contributed by atoms with Gasteiger partial charge >= 0.3 is 0 Å². The van der Waals surface area contributed by atoms with Crippen molar-refractivity contribution in [3.8, 4) is 0 Å². The first-order chi connectivity index (χ1) is 16.0. The van der Waals surface area contributed by atoms with Crippen LogP contribution in [0.5, 0.6) is 0 Å². The maximum Gasteiger partial charge on any atom is 0.254 e. The first kappa shape index (κ1) is 24.6. The predicted molar refractivity (Wildman–Crippen MR) is 124 cm³/mol. The molecule has 1 aromatic carbocycles. The van der Waals surface area contributed by atoms with Crippen molar-refractivity contribution in [2.45, 2.75) is 102 Å². The van der Waals surface area contributed by atoms with Gasteiger partial charge in [-0.15, -0.1) is 0 Å². The molecule has 2 aliphatic carbocycles. The number of hydrogen-bond acceptors (Lipinski definition) is 3. The number of likely N-dealkylation sites (tertiary alicyclic amines) is 1. The lowest BCUT2D eigenvalue weighted by atomic mass is 9.86. The zero-order valence-electron chi connectivity index (χ0n) is 20.2. The predicted octanol–water partition coefficient (Wildman–Crippen LogP) is 4.35. The minimum Gasteiger partial charge on any atom is -0.348 e. The molecule has 186 valence electrons. The molecule has 3 amide bonds.